The summed E-state index contributed by atoms with van der Waals surface area (Å²) in [5.74, 6) is 13.1. The predicted molar refractivity (Wildman–Crippen MR) is 628 cm³/mol. The highest BCUT2D eigenvalue weighted by Gasteiger charge is 2.38. The molecule has 2 aromatic rings. The van der Waals surface area contributed by atoms with Gasteiger partial charge in [-0.1, -0.05) is 391 Å². The standard InChI is InChI=1S/C15H20O.C15H18O.C14H24O.2C13H24O.C13H22O.C12H22O.C11H20O.C10H18O.C9H16O.C7H13NO/c2*1-15(2,3)12-11-14(16)10-9-13-7-5-4-6-8-13;1-14(2,3)11-10-13(15)9-8-12-6-4-5-7-12;3*1-12(2,3)9-7-11(14)8-10-13(4,5)6;1-9(2)8-10(13)12(6,7)11(3,4)5;1-9(2)8-10(12)6-7-11(3,4)5;1-6-8(2)9(11)7-10(3,4)5;1-7(2)8(10)6-9(3,4)5;1-5-6(9)8-7(2,3)4/h4-10H,11-12H2,1-3H3;4-8H,11-12H2,1-3H3;8-9,12H,4-7,10-11H2,1-3H3;2*7,9H,8,10H2,1-6H3;7,9H2,1-6H3;8H,1-7H3;8H,6-7H2,1-5H3;6H,7H2,1-5H3;1,6H2,2-5H3;5H,1H2,2-4H3,(H,8,9)/b10-9+;;9-8+;9-7+;9-7-;;;;8-6+;;/i;;;;;;;1D3,2D3;;;. The summed E-state index contributed by atoms with van der Waals surface area (Å²) in [4.78, 5) is 125. The number of ketones is 10. The molecule has 1 saturated carbocycles. The highest BCUT2D eigenvalue weighted by atomic mass is 16.2. The first-order chi connectivity index (χ1) is 66.7. The van der Waals surface area contributed by atoms with Crippen molar-refractivity contribution in [3.05, 3.63) is 174 Å². The second kappa shape index (κ2) is 71.9. The van der Waals surface area contributed by atoms with Crippen LogP contribution < -0.4 is 5.32 Å². The van der Waals surface area contributed by atoms with Crippen molar-refractivity contribution < 1.29 is 61.0 Å². The van der Waals surface area contributed by atoms with Crippen LogP contribution in [0.4, 0.5) is 0 Å². The number of amides is 1. The molecule has 1 amide bonds. The number of hydrogen-bond donors (Lipinski definition) is 1. The zero-order chi connectivity index (χ0) is 120. The summed E-state index contributed by atoms with van der Waals surface area (Å²) in [6, 6.07) is 19.5. The molecule has 1 aliphatic rings. The van der Waals surface area contributed by atoms with Crippen LogP contribution >= 0.6 is 0 Å². The second-order valence-electron chi connectivity index (χ2n) is 55.3. The number of nitrogens with one attached hydrogen (secondary N) is 1. The minimum atomic E-state index is -2.76. The molecule has 1 aliphatic carbocycles. The number of allylic oxidation sites excluding steroid dienone is 14. The summed E-state index contributed by atoms with van der Waals surface area (Å²) in [7, 11) is 0. The Labute approximate surface area is 897 Å². The molecular formula is C132H221NO11. The molecule has 820 valence electrons. The van der Waals surface area contributed by atoms with Gasteiger partial charge in [-0.2, -0.15) is 0 Å². The zero-order valence-corrected chi connectivity index (χ0v) is 102. The molecule has 0 bridgehead atoms. The molecule has 1 N–H and O–H groups in total. The van der Waals surface area contributed by atoms with Gasteiger partial charge in [0.1, 0.15) is 0 Å². The molecule has 0 radical (unpaired) electrons. The lowest BCUT2D eigenvalue weighted by Crippen LogP contribution is -2.39. The number of carbonyl (C=O) groups is 11. The van der Waals surface area contributed by atoms with E-state index in [9.17, 15) is 52.7 Å². The summed E-state index contributed by atoms with van der Waals surface area (Å²) < 4.78 is 42.9. The van der Waals surface area contributed by atoms with Crippen LogP contribution in [-0.4, -0.2) is 69.3 Å². The Bertz CT molecular complexity index is 4650. The van der Waals surface area contributed by atoms with Crippen molar-refractivity contribution in [2.24, 2.45) is 81.7 Å². The minimum absolute atomic E-state index is 0.00995. The largest absolute Gasteiger partial charge is 0.348 e. The van der Waals surface area contributed by atoms with Gasteiger partial charge in [0.2, 0.25) is 17.5 Å². The van der Waals surface area contributed by atoms with Crippen molar-refractivity contribution in [3.8, 4) is 23.7 Å². The second-order valence-corrected chi connectivity index (χ2v) is 55.3. The molecule has 0 spiro atoms. The van der Waals surface area contributed by atoms with Gasteiger partial charge in [-0.15, -0.1) is 0 Å². The summed E-state index contributed by atoms with van der Waals surface area (Å²) in [6.07, 6.45) is 37.2. The average molecular weight is 2000 g/mol. The first-order valence-electron chi connectivity index (χ1n) is 55.5. The van der Waals surface area contributed by atoms with E-state index in [2.05, 4.69) is 256 Å². The van der Waals surface area contributed by atoms with E-state index < -0.39 is 25.1 Å². The fraction of sp³-hybridized carbons (Fsp3) is 0.659. The van der Waals surface area contributed by atoms with Crippen molar-refractivity contribution in [1.82, 2.24) is 5.32 Å². The lowest BCUT2D eigenvalue weighted by Gasteiger charge is -2.36. The molecule has 3 rings (SSSR count). The number of Topliss-reactive ketones (excluding diaryl/α,β-unsaturated/α-hetero) is 4. The van der Waals surface area contributed by atoms with Gasteiger partial charge >= 0.3 is 0 Å². The third kappa shape index (κ3) is 120. The first-order valence-corrected chi connectivity index (χ1v) is 52.5. The van der Waals surface area contributed by atoms with Crippen LogP contribution in [0.5, 0.6) is 0 Å². The van der Waals surface area contributed by atoms with E-state index in [4.69, 9.17) is 8.22 Å². The summed E-state index contributed by atoms with van der Waals surface area (Å²) in [5.41, 5.74) is 5.13. The van der Waals surface area contributed by atoms with Crippen LogP contribution in [-0.2, 0) is 52.7 Å². The van der Waals surface area contributed by atoms with Crippen LogP contribution in [0.3, 0.4) is 0 Å². The third-order valence-corrected chi connectivity index (χ3v) is 20.9. The molecule has 0 saturated heterocycles. The summed E-state index contributed by atoms with van der Waals surface area (Å²) >= 11 is 0. The van der Waals surface area contributed by atoms with Crippen molar-refractivity contribution >= 4 is 69.8 Å². The predicted octanol–water partition coefficient (Wildman–Crippen LogP) is 36.6. The Kier molecular flexibility index (Phi) is 68.6. The van der Waals surface area contributed by atoms with Gasteiger partial charge in [-0.25, -0.2) is 0 Å². The molecule has 12 nitrogen and oxygen atoms in total. The van der Waals surface area contributed by atoms with Crippen molar-refractivity contribution in [2.75, 3.05) is 0 Å². The molecule has 0 heterocycles. The lowest BCUT2D eigenvalue weighted by molar-refractivity contribution is -0.127. The molecule has 144 heavy (non-hydrogen) atoms. The molecular weight excluding hydrogens is 1780 g/mol. The van der Waals surface area contributed by atoms with Crippen molar-refractivity contribution in [2.45, 2.75) is 487 Å². The van der Waals surface area contributed by atoms with Crippen LogP contribution in [0.1, 0.15) is 501 Å². The molecule has 0 unspecified atom stereocenters. The maximum Gasteiger partial charge on any atom is 0.243 e. The maximum atomic E-state index is 11.8. The van der Waals surface area contributed by atoms with E-state index in [0.29, 0.717) is 75.1 Å². The van der Waals surface area contributed by atoms with E-state index >= 15 is 0 Å². The van der Waals surface area contributed by atoms with E-state index in [-0.39, 0.29) is 140 Å². The van der Waals surface area contributed by atoms with Crippen molar-refractivity contribution in [1.29, 1.82) is 0 Å². The number of benzene rings is 2. The molecule has 0 aromatic heterocycles. The molecule has 1 fully saturated rings. The van der Waals surface area contributed by atoms with E-state index in [1.807, 2.05) is 216 Å². The monoisotopic (exact) mass is 2000 g/mol. The van der Waals surface area contributed by atoms with Crippen molar-refractivity contribution in [3.63, 3.8) is 0 Å². The van der Waals surface area contributed by atoms with E-state index in [0.717, 1.165) is 66.9 Å². The highest BCUT2D eigenvalue weighted by Crippen LogP contribution is 2.39. The van der Waals surface area contributed by atoms with Gasteiger partial charge < -0.3 is 5.32 Å². The van der Waals surface area contributed by atoms with Gasteiger partial charge in [0, 0.05) is 87.9 Å². The molecule has 0 aliphatic heterocycles. The highest BCUT2D eigenvalue weighted by molar-refractivity contribution is 5.98. The normalized spacial score (nSPS) is 13.5. The Morgan fingerprint density at radius 1 is 0.396 bits per heavy atom. The Balaban J connectivity index is -0.000000248. The average Bonchev–Trinajstić information content (AvgIpc) is 0.853. The fourth-order valence-corrected chi connectivity index (χ4v) is 10.6. The Morgan fingerprint density at radius 2 is 0.722 bits per heavy atom. The van der Waals surface area contributed by atoms with E-state index in [1.54, 1.807) is 31.2 Å². The van der Waals surface area contributed by atoms with Crippen LogP contribution in [0.15, 0.2) is 163 Å². The maximum absolute atomic E-state index is 11.8. The smallest absolute Gasteiger partial charge is 0.243 e. The number of hydrogen-bond acceptors (Lipinski definition) is 11. The minimum Gasteiger partial charge on any atom is -0.348 e. The Morgan fingerprint density at radius 3 is 1.01 bits per heavy atom. The van der Waals surface area contributed by atoms with Gasteiger partial charge in [0.05, 0.1) is 0 Å². The third-order valence-electron chi connectivity index (χ3n) is 20.9. The number of rotatable bonds is 28. The van der Waals surface area contributed by atoms with Crippen LogP contribution in [0.25, 0.3) is 6.08 Å². The van der Waals surface area contributed by atoms with Gasteiger partial charge in [-0.3, -0.25) is 52.7 Å². The molecule has 0 atom stereocenters. The lowest BCUT2D eigenvalue weighted by atomic mass is 9.66. The summed E-state index contributed by atoms with van der Waals surface area (Å²) in [6.45, 7) is 103. The van der Waals surface area contributed by atoms with Gasteiger partial charge in [0.15, 0.2) is 46.3 Å². The summed E-state index contributed by atoms with van der Waals surface area (Å²) in [5, 5.41) is 2.71. The zero-order valence-electron chi connectivity index (χ0n) is 108. The quantitative estimate of drug-likeness (QED) is 0.0483. The molecule has 2 aromatic carbocycles. The molecule has 12 heteroatoms. The van der Waals surface area contributed by atoms with E-state index in [1.165, 1.54) is 31.8 Å². The SMILES string of the molecule is C/C=C(\C)C(=O)CC(C)(C)C.C=C(C)C(=O)CC(C)(C)C.C=CC(=O)NC(C)(C)C.CC(C)(C)/C=C/C(=O)CCC(C)(C)C.CC(C)(C)/C=C\C(=O)CCC(C)(C)C.CC(C)(C)C#CC(=O)CCC(C)(C)C.CC(C)(C)CCC(=O)/C=C/C1CCCC1.CC(C)(C)CCC(=O)/C=C/c1ccccc1.CC(C)(C)CCC(=O)C#Cc1ccccc1.CC(C)=CC(=O)C(C)(C)C(C)(C)C.[2H]C([2H])([2H])C(=CC(=O)CCC(C)(C)C)C([2H])([2H])[2H]. The fourth-order valence-electron chi connectivity index (χ4n) is 10.6. The Hall–Kier alpha value is -8.61. The van der Waals surface area contributed by atoms with Crippen LogP contribution in [0.2, 0.25) is 0 Å². The first kappa shape index (κ1) is 137. The van der Waals surface area contributed by atoms with Gasteiger partial charge in [-0.05, 0) is 302 Å². The number of carbonyl (C=O) groups excluding carboxylic acids is 11. The van der Waals surface area contributed by atoms with Gasteiger partial charge in [0.25, 0.3) is 0 Å². The topological polar surface area (TPSA) is 200 Å². The van der Waals surface area contributed by atoms with Crippen LogP contribution in [0, 0.1) is 105 Å².